The molecule has 0 aliphatic heterocycles. The Morgan fingerprint density at radius 3 is 2.88 bits per heavy atom. The second-order valence-electron chi connectivity index (χ2n) is 3.45. The maximum absolute atomic E-state index is 8.73. The Balaban J connectivity index is 2.28. The fourth-order valence-corrected chi connectivity index (χ4v) is 1.40. The molecule has 17 heavy (non-hydrogen) atoms. The topological polar surface area (TPSA) is 109 Å². The molecule has 0 bridgehead atoms. The largest absolute Gasteiger partial charge is 0.398 e. The van der Waals surface area contributed by atoms with Crippen LogP contribution in [0.2, 0.25) is 0 Å². The highest BCUT2D eigenvalue weighted by Gasteiger charge is 2.14. The van der Waals surface area contributed by atoms with Crippen LogP contribution < -0.4 is 5.73 Å². The van der Waals surface area contributed by atoms with E-state index in [2.05, 4.69) is 10.1 Å². The van der Waals surface area contributed by atoms with Crippen LogP contribution in [-0.4, -0.2) is 27.6 Å². The van der Waals surface area contributed by atoms with Gasteiger partial charge in [-0.15, -0.1) is 0 Å². The molecule has 0 unspecified atom stereocenters. The lowest BCUT2D eigenvalue weighted by Gasteiger charge is -2.02. The standard InChI is InChI=1S/C11H12N4O2/c12-8-4-2-1-3-7(8)10(13)11-14-9(5-6-16)17-15-11/h1-4,13,16H,5-6,12H2. The molecule has 1 aromatic heterocycles. The molecule has 6 heteroatoms. The molecule has 4 N–H and O–H groups in total. The van der Waals surface area contributed by atoms with Gasteiger partial charge in [0.25, 0.3) is 0 Å². The minimum absolute atomic E-state index is 0.0670. The van der Waals surface area contributed by atoms with Gasteiger partial charge in [0.2, 0.25) is 11.7 Å². The van der Waals surface area contributed by atoms with Crippen molar-refractivity contribution in [3.8, 4) is 0 Å². The highest BCUT2D eigenvalue weighted by Crippen LogP contribution is 2.14. The molecule has 2 aromatic rings. The van der Waals surface area contributed by atoms with E-state index in [1.807, 2.05) is 0 Å². The molecular formula is C11H12N4O2. The van der Waals surface area contributed by atoms with Crippen LogP contribution >= 0.6 is 0 Å². The third-order valence-electron chi connectivity index (χ3n) is 2.25. The van der Waals surface area contributed by atoms with E-state index in [1.165, 1.54) is 0 Å². The lowest BCUT2D eigenvalue weighted by Crippen LogP contribution is -2.07. The van der Waals surface area contributed by atoms with E-state index in [1.54, 1.807) is 24.3 Å². The van der Waals surface area contributed by atoms with Crippen LogP contribution in [0.5, 0.6) is 0 Å². The number of nitrogens with one attached hydrogen (secondary N) is 1. The molecule has 0 aliphatic rings. The van der Waals surface area contributed by atoms with Crippen molar-refractivity contribution in [2.75, 3.05) is 12.3 Å². The van der Waals surface area contributed by atoms with Gasteiger partial charge in [-0.05, 0) is 6.07 Å². The summed E-state index contributed by atoms with van der Waals surface area (Å²) in [6.07, 6.45) is 0.282. The highest BCUT2D eigenvalue weighted by molar-refractivity contribution is 6.11. The van der Waals surface area contributed by atoms with Crippen molar-refractivity contribution in [1.29, 1.82) is 5.41 Å². The summed E-state index contributed by atoms with van der Waals surface area (Å²) >= 11 is 0. The third-order valence-corrected chi connectivity index (χ3v) is 2.25. The van der Waals surface area contributed by atoms with Crippen LogP contribution in [0.4, 0.5) is 5.69 Å². The molecular weight excluding hydrogens is 220 g/mol. The van der Waals surface area contributed by atoms with Gasteiger partial charge in [-0.1, -0.05) is 23.4 Å². The number of hydrogen-bond donors (Lipinski definition) is 3. The van der Waals surface area contributed by atoms with E-state index in [9.17, 15) is 0 Å². The number of para-hydroxylation sites is 1. The summed E-state index contributed by atoms with van der Waals surface area (Å²) < 4.78 is 4.88. The fourth-order valence-electron chi connectivity index (χ4n) is 1.40. The van der Waals surface area contributed by atoms with Crippen molar-refractivity contribution in [1.82, 2.24) is 10.1 Å². The van der Waals surface area contributed by atoms with E-state index in [-0.39, 0.29) is 24.6 Å². The van der Waals surface area contributed by atoms with Crippen LogP contribution in [0, 0.1) is 5.41 Å². The molecule has 0 saturated carbocycles. The van der Waals surface area contributed by atoms with Crippen molar-refractivity contribution in [2.24, 2.45) is 0 Å². The summed E-state index contributed by atoms with van der Waals surface area (Å²) in [5.74, 6) is 0.480. The second kappa shape index (κ2) is 4.75. The molecule has 0 amide bonds. The smallest absolute Gasteiger partial charge is 0.229 e. The van der Waals surface area contributed by atoms with Crippen LogP contribution in [0.1, 0.15) is 17.3 Å². The zero-order chi connectivity index (χ0) is 12.3. The number of rotatable bonds is 4. The molecule has 88 valence electrons. The summed E-state index contributed by atoms with van der Waals surface area (Å²) in [4.78, 5) is 4.00. The van der Waals surface area contributed by atoms with E-state index in [4.69, 9.17) is 20.8 Å². The normalized spacial score (nSPS) is 10.4. The Labute approximate surface area is 97.6 Å². The van der Waals surface area contributed by atoms with Gasteiger partial charge in [0.1, 0.15) is 5.71 Å². The van der Waals surface area contributed by atoms with Crippen LogP contribution in [0.3, 0.4) is 0 Å². The summed E-state index contributed by atoms with van der Waals surface area (Å²) in [7, 11) is 0. The molecule has 6 nitrogen and oxygen atoms in total. The zero-order valence-corrected chi connectivity index (χ0v) is 9.05. The molecule has 0 fully saturated rings. The molecule has 2 rings (SSSR count). The Hall–Kier alpha value is -2.21. The quantitative estimate of drug-likeness (QED) is 0.528. The first kappa shape index (κ1) is 11.3. The van der Waals surface area contributed by atoms with Gasteiger partial charge in [-0.2, -0.15) is 4.98 Å². The number of nitrogen functional groups attached to an aromatic ring is 1. The van der Waals surface area contributed by atoms with Crippen molar-refractivity contribution >= 4 is 11.4 Å². The molecule has 1 heterocycles. The number of hydrogen-bond acceptors (Lipinski definition) is 6. The van der Waals surface area contributed by atoms with E-state index < -0.39 is 0 Å². The predicted molar refractivity (Wildman–Crippen MR) is 61.9 cm³/mol. The van der Waals surface area contributed by atoms with Crippen LogP contribution in [0.25, 0.3) is 0 Å². The monoisotopic (exact) mass is 232 g/mol. The Morgan fingerprint density at radius 1 is 1.41 bits per heavy atom. The van der Waals surface area contributed by atoms with Crippen LogP contribution in [0.15, 0.2) is 28.8 Å². The van der Waals surface area contributed by atoms with E-state index >= 15 is 0 Å². The number of nitrogens with zero attached hydrogens (tertiary/aromatic N) is 2. The molecule has 0 radical (unpaired) electrons. The zero-order valence-electron chi connectivity index (χ0n) is 9.05. The first-order valence-corrected chi connectivity index (χ1v) is 5.09. The highest BCUT2D eigenvalue weighted by atomic mass is 16.5. The summed E-state index contributed by atoms with van der Waals surface area (Å²) in [6.45, 7) is -0.0670. The Morgan fingerprint density at radius 2 is 2.18 bits per heavy atom. The van der Waals surface area contributed by atoms with Gasteiger partial charge >= 0.3 is 0 Å². The maximum atomic E-state index is 8.73. The summed E-state index contributed by atoms with van der Waals surface area (Å²) in [6, 6.07) is 7.01. The summed E-state index contributed by atoms with van der Waals surface area (Å²) in [5.41, 5.74) is 6.92. The lowest BCUT2D eigenvalue weighted by atomic mass is 10.1. The molecule has 0 spiro atoms. The Bertz CT molecular complexity index is 536. The predicted octanol–water partition coefficient (Wildman–Crippen LogP) is 0.603. The van der Waals surface area contributed by atoms with Crippen molar-refractivity contribution < 1.29 is 9.63 Å². The van der Waals surface area contributed by atoms with Gasteiger partial charge in [0.15, 0.2) is 0 Å². The minimum atomic E-state index is -0.0670. The fraction of sp³-hybridized carbons (Fsp3) is 0.182. The Kier molecular flexibility index (Phi) is 3.15. The molecule has 0 aliphatic carbocycles. The number of aliphatic hydroxyl groups excluding tert-OH is 1. The first-order valence-electron chi connectivity index (χ1n) is 5.09. The van der Waals surface area contributed by atoms with Gasteiger partial charge in [-0.3, -0.25) is 5.41 Å². The SMILES string of the molecule is N=C(c1noc(CCO)n1)c1ccccc1N. The second-order valence-corrected chi connectivity index (χ2v) is 3.45. The maximum Gasteiger partial charge on any atom is 0.229 e. The lowest BCUT2D eigenvalue weighted by molar-refractivity contribution is 0.274. The number of nitrogens with two attached hydrogens (primary N) is 1. The van der Waals surface area contributed by atoms with Crippen molar-refractivity contribution in [3.05, 3.63) is 41.5 Å². The van der Waals surface area contributed by atoms with Gasteiger partial charge in [0, 0.05) is 11.3 Å². The van der Waals surface area contributed by atoms with Gasteiger partial charge in [0.05, 0.1) is 13.0 Å². The number of aromatic nitrogens is 2. The van der Waals surface area contributed by atoms with Crippen molar-refractivity contribution in [2.45, 2.75) is 6.42 Å². The van der Waals surface area contributed by atoms with E-state index in [0.29, 0.717) is 17.1 Å². The van der Waals surface area contributed by atoms with Crippen molar-refractivity contribution in [3.63, 3.8) is 0 Å². The van der Waals surface area contributed by atoms with Crippen LogP contribution in [-0.2, 0) is 6.42 Å². The average molecular weight is 232 g/mol. The van der Waals surface area contributed by atoms with E-state index in [0.717, 1.165) is 0 Å². The number of benzene rings is 1. The number of aliphatic hydroxyl groups is 1. The molecule has 1 aromatic carbocycles. The van der Waals surface area contributed by atoms with Gasteiger partial charge in [-0.25, -0.2) is 0 Å². The minimum Gasteiger partial charge on any atom is -0.398 e. The summed E-state index contributed by atoms with van der Waals surface area (Å²) in [5, 5.41) is 20.3. The number of anilines is 1. The molecule has 0 saturated heterocycles. The average Bonchev–Trinajstić information content (AvgIpc) is 2.78. The first-order chi connectivity index (χ1) is 8.22. The van der Waals surface area contributed by atoms with Gasteiger partial charge < -0.3 is 15.4 Å². The molecule has 0 atom stereocenters. The third kappa shape index (κ3) is 2.31.